The summed E-state index contributed by atoms with van der Waals surface area (Å²) in [4.78, 5) is 0. The molecule has 3 heteroatoms. The Balaban J connectivity index is 0.000000300. The van der Waals surface area contributed by atoms with Gasteiger partial charge in [0.1, 0.15) is 0 Å². The molecule has 0 nitrogen and oxygen atoms in total. The summed E-state index contributed by atoms with van der Waals surface area (Å²) in [6, 6.07) is 40.0. The second-order valence-electron chi connectivity index (χ2n) is 20.5. The van der Waals surface area contributed by atoms with E-state index in [-0.39, 0.29) is 46.5 Å². The predicted octanol–water partition coefficient (Wildman–Crippen LogP) is 8.32. The molecule has 5 aromatic carbocycles. The number of halogens is 2. The first-order valence-electron chi connectivity index (χ1n) is 20.0. The molecule has 0 saturated carbocycles. The van der Waals surface area contributed by atoms with Crippen molar-refractivity contribution in [3.8, 4) is 11.1 Å². The minimum absolute atomic E-state index is 0. The largest absolute Gasteiger partial charge is 1.00 e. The molecule has 0 spiro atoms. The Morgan fingerprint density at radius 2 is 0.946 bits per heavy atom. The molecule has 0 aromatic heterocycles. The molecule has 0 bridgehead atoms. The number of hydrogen-bond donors (Lipinski definition) is 0. The van der Waals surface area contributed by atoms with Crippen LogP contribution in [0.4, 0.5) is 0 Å². The molecule has 0 heterocycles. The number of rotatable bonds is 3. The van der Waals surface area contributed by atoms with Crippen molar-refractivity contribution in [2.45, 2.75) is 151 Å². The standard InChI is InChI=1S/C21H25.C21H26.C11H17.2ClH.Zr/c1-20(2,3)16-9-7-14-11-15-8-10-17(21(4,5)6)13-19(15)18(14)12-16;1-20(2,3)18-11-7-16(8-12-18)15-17-9-13-19(14-10-17)21(4,5)6;1-5-9-6-7-10(8-9)11(2,3)4;;;/h7,9-10,12-13H,11H2,1-6H3;7-14H,1-6H3;6-8H,5H2,1-4H3;2*1H;/q-1;;-1;;;+2/p-2. The average Bonchev–Trinajstić information content (AvgIpc) is 3.72. The van der Waals surface area contributed by atoms with E-state index in [0.717, 1.165) is 12.8 Å². The molecule has 0 N–H and O–H groups in total. The van der Waals surface area contributed by atoms with Gasteiger partial charge in [0.15, 0.2) is 0 Å². The number of aryl methyl sites for hydroxylation is 1. The van der Waals surface area contributed by atoms with Gasteiger partial charge in [-0.2, -0.15) is 52.6 Å². The Morgan fingerprint density at radius 1 is 0.536 bits per heavy atom. The van der Waals surface area contributed by atoms with Crippen molar-refractivity contribution >= 4 is 3.21 Å². The van der Waals surface area contributed by atoms with Gasteiger partial charge >= 0.3 is 151 Å². The van der Waals surface area contributed by atoms with Crippen molar-refractivity contribution in [3.05, 3.63) is 159 Å². The van der Waals surface area contributed by atoms with Crippen LogP contribution >= 0.6 is 0 Å². The Morgan fingerprint density at radius 3 is 1.32 bits per heavy atom. The van der Waals surface area contributed by atoms with E-state index in [9.17, 15) is 0 Å². The monoisotopic (exact) mass is 864 g/mol. The average molecular weight is 867 g/mol. The summed E-state index contributed by atoms with van der Waals surface area (Å²) in [7, 11) is 0. The summed E-state index contributed by atoms with van der Waals surface area (Å²) in [5, 5.41) is 0. The first kappa shape index (κ1) is 49.7. The maximum absolute atomic E-state index is 3.53. The molecule has 0 atom stereocenters. The molecule has 300 valence electrons. The quantitative estimate of drug-likeness (QED) is 0.157. The van der Waals surface area contributed by atoms with Crippen molar-refractivity contribution in [2.24, 2.45) is 0 Å². The Labute approximate surface area is 370 Å². The Kier molecular flexibility index (Phi) is 16.9. The third kappa shape index (κ3) is 13.0. The first-order valence-corrected chi connectivity index (χ1v) is 21.3. The molecule has 1 aliphatic carbocycles. The molecule has 0 unspecified atom stereocenters. The zero-order chi connectivity index (χ0) is 40.4. The van der Waals surface area contributed by atoms with E-state index >= 15 is 0 Å². The Bertz CT molecular complexity index is 1900. The third-order valence-corrected chi connectivity index (χ3v) is 12.1. The van der Waals surface area contributed by atoms with Crippen LogP contribution in [0.25, 0.3) is 11.1 Å². The molecule has 0 fully saturated rings. The van der Waals surface area contributed by atoms with E-state index in [1.54, 1.807) is 0 Å². The summed E-state index contributed by atoms with van der Waals surface area (Å²) >= 11 is 1.46. The van der Waals surface area contributed by atoms with E-state index in [0.29, 0.717) is 5.41 Å². The van der Waals surface area contributed by atoms with E-state index < -0.39 is 0 Å². The van der Waals surface area contributed by atoms with Gasteiger partial charge in [-0.15, -0.1) is 5.56 Å². The first-order chi connectivity index (χ1) is 24.8. The minimum Gasteiger partial charge on any atom is -1.00 e. The maximum Gasteiger partial charge on any atom is -0.0543 e. The summed E-state index contributed by atoms with van der Waals surface area (Å²) in [6.45, 7) is 36.2. The van der Waals surface area contributed by atoms with Crippen LogP contribution in [0.15, 0.2) is 97.1 Å². The predicted molar refractivity (Wildman–Crippen MR) is 235 cm³/mol. The van der Waals surface area contributed by atoms with Crippen LogP contribution < -0.4 is 24.8 Å². The second kappa shape index (κ2) is 19.1. The molecule has 0 radical (unpaired) electrons. The van der Waals surface area contributed by atoms with Crippen molar-refractivity contribution in [3.63, 3.8) is 0 Å². The Hall–Kier alpha value is -2.44. The summed E-state index contributed by atoms with van der Waals surface area (Å²) in [5.74, 6) is 0. The van der Waals surface area contributed by atoms with Crippen molar-refractivity contribution < 1.29 is 49.0 Å². The molecular weight excluding hydrogens is 799 g/mol. The molecule has 0 saturated heterocycles. The normalized spacial score (nSPS) is 12.5. The fraction of sp³-hybridized carbons (Fsp3) is 0.434. The summed E-state index contributed by atoms with van der Waals surface area (Å²) in [5.41, 5.74) is 17.9. The van der Waals surface area contributed by atoms with E-state index in [1.165, 1.54) is 94.2 Å². The van der Waals surface area contributed by atoms with Crippen LogP contribution in [0.1, 0.15) is 166 Å². The fourth-order valence-electron chi connectivity index (χ4n) is 6.60. The van der Waals surface area contributed by atoms with Crippen LogP contribution in [0.5, 0.6) is 0 Å². The molecule has 56 heavy (non-hydrogen) atoms. The number of fused-ring (bicyclic) bond motifs is 3. The van der Waals surface area contributed by atoms with Gasteiger partial charge in [-0.3, -0.25) is 0 Å². The van der Waals surface area contributed by atoms with Crippen LogP contribution in [-0.4, -0.2) is 3.21 Å². The molecule has 0 aliphatic heterocycles. The van der Waals surface area contributed by atoms with E-state index in [1.807, 2.05) is 0 Å². The number of hydrogen-bond acceptors (Lipinski definition) is 0. The van der Waals surface area contributed by atoms with Gasteiger partial charge in [-0.1, -0.05) is 116 Å². The topological polar surface area (TPSA) is 0 Å². The smallest absolute Gasteiger partial charge is 0.0543 e. The summed E-state index contributed by atoms with van der Waals surface area (Å²) in [6.07, 6.45) is 2.18. The molecule has 6 rings (SSSR count). The van der Waals surface area contributed by atoms with Crippen LogP contribution in [0.2, 0.25) is 0 Å². The van der Waals surface area contributed by atoms with Crippen molar-refractivity contribution in [1.82, 2.24) is 0 Å². The zero-order valence-corrected chi connectivity index (χ0v) is 41.4. The van der Waals surface area contributed by atoms with Crippen LogP contribution in [0, 0.1) is 6.07 Å². The van der Waals surface area contributed by atoms with Crippen LogP contribution in [0.3, 0.4) is 0 Å². The van der Waals surface area contributed by atoms with Gasteiger partial charge < -0.3 is 24.8 Å². The SMILES string of the molecule is CC(C)(C)c1c[c-]c2c(c1)-c1cc(C(C)(C)C)ccc1C2.CC(C)(C)c1ccc([C](=[Zr+2])c2ccc(C(C)(C)C)cc2)cc1.CCc1cc(C(C)(C)C)c[cH-]1.[Cl-].[Cl-]. The van der Waals surface area contributed by atoms with Gasteiger partial charge in [0.2, 0.25) is 0 Å². The van der Waals surface area contributed by atoms with Gasteiger partial charge in [0.25, 0.3) is 0 Å². The van der Waals surface area contributed by atoms with Crippen molar-refractivity contribution in [1.29, 1.82) is 0 Å². The molecule has 5 aromatic rings. The van der Waals surface area contributed by atoms with Gasteiger partial charge in [-0.05, 0) is 17.4 Å². The maximum atomic E-state index is 3.53. The molecular formula is C53H68Cl2Zr-2. The fourth-order valence-corrected chi connectivity index (χ4v) is 7.42. The van der Waals surface area contributed by atoms with Crippen molar-refractivity contribution in [2.75, 3.05) is 0 Å². The van der Waals surface area contributed by atoms with Gasteiger partial charge in [-0.25, -0.2) is 6.07 Å². The summed E-state index contributed by atoms with van der Waals surface area (Å²) < 4.78 is 1.42. The van der Waals surface area contributed by atoms with Gasteiger partial charge in [0.05, 0.1) is 0 Å². The van der Waals surface area contributed by atoms with Gasteiger partial charge in [0, 0.05) is 0 Å². The molecule has 0 amide bonds. The zero-order valence-electron chi connectivity index (χ0n) is 37.4. The minimum atomic E-state index is 0. The van der Waals surface area contributed by atoms with E-state index in [2.05, 4.69) is 214 Å². The second-order valence-corrected chi connectivity index (χ2v) is 21.7. The van der Waals surface area contributed by atoms with E-state index in [4.69, 9.17) is 0 Å². The van der Waals surface area contributed by atoms with Crippen LogP contribution in [-0.2, 0) is 64.2 Å². The molecule has 1 aliphatic rings. The third-order valence-electron chi connectivity index (χ3n) is 10.7. The number of benzene rings is 4.